The summed E-state index contributed by atoms with van der Waals surface area (Å²) in [6.45, 7) is 5.49. The lowest BCUT2D eigenvalue weighted by Gasteiger charge is -2.37. The maximum atomic E-state index is 14.8. The molecule has 1 saturated heterocycles. The molecule has 2 N–H and O–H groups in total. The van der Waals surface area contributed by atoms with Gasteiger partial charge in [0, 0.05) is 25.8 Å². The van der Waals surface area contributed by atoms with Gasteiger partial charge in [0.05, 0.1) is 29.6 Å². The predicted molar refractivity (Wildman–Crippen MR) is 127 cm³/mol. The quantitative estimate of drug-likeness (QED) is 0.586. The van der Waals surface area contributed by atoms with E-state index in [1.807, 2.05) is 73.3 Å². The molecule has 1 aromatic heterocycles. The van der Waals surface area contributed by atoms with Gasteiger partial charge in [-0.2, -0.15) is 0 Å². The number of anilines is 1. The van der Waals surface area contributed by atoms with Crippen LogP contribution in [0.2, 0.25) is 0 Å². The minimum Gasteiger partial charge on any atom is -0.372 e. The molecule has 2 amide bonds. The number of nitrogens with one attached hydrogen (secondary N) is 2. The van der Waals surface area contributed by atoms with Crippen molar-refractivity contribution >= 4 is 11.7 Å². The molecule has 6 nitrogen and oxygen atoms in total. The zero-order valence-corrected chi connectivity index (χ0v) is 18.9. The molecule has 4 rings (SSSR count). The fraction of sp³-hybridized carbons (Fsp3) is 0.308. The topological polar surface area (TPSA) is 66.5 Å². The Morgan fingerprint density at radius 2 is 1.82 bits per heavy atom. The largest absolute Gasteiger partial charge is 0.372 e. The Hall–Kier alpha value is -3.45. The second-order valence-electron chi connectivity index (χ2n) is 8.37. The number of amides is 2. The van der Waals surface area contributed by atoms with Crippen LogP contribution >= 0.6 is 0 Å². The van der Waals surface area contributed by atoms with E-state index >= 15 is 0 Å². The number of hydrogen-bond donors (Lipinski definition) is 2. The predicted octanol–water partition coefficient (Wildman–Crippen LogP) is 4.42. The lowest BCUT2D eigenvalue weighted by atomic mass is 10.0. The van der Waals surface area contributed by atoms with Crippen molar-refractivity contribution in [1.29, 1.82) is 0 Å². The summed E-state index contributed by atoms with van der Waals surface area (Å²) < 4.78 is 20.6. The Labute approximate surface area is 193 Å². The number of rotatable bonds is 6. The summed E-state index contributed by atoms with van der Waals surface area (Å²) in [6.07, 6.45) is 1.80. The van der Waals surface area contributed by atoms with Crippen molar-refractivity contribution in [3.63, 3.8) is 0 Å². The van der Waals surface area contributed by atoms with Gasteiger partial charge in [-0.3, -0.25) is 4.98 Å². The average Bonchev–Trinajstić information content (AvgIpc) is 2.82. The van der Waals surface area contributed by atoms with Gasteiger partial charge in [0.15, 0.2) is 0 Å². The number of ether oxygens (including phenoxy) is 1. The number of benzene rings is 2. The number of halogens is 1. The number of pyridine rings is 1. The van der Waals surface area contributed by atoms with Crippen LogP contribution in [-0.4, -0.2) is 36.3 Å². The Morgan fingerprint density at radius 3 is 2.48 bits per heavy atom. The standard InChI is InChI=1S/C26H29FN4O2/c1-18-16-31(17-19(2)33-18)24-12-11-20(14-22(24)27)15-29-26(32)30-25(21-8-4-3-5-9-21)23-10-6-7-13-28-23/h3-14,18-19,25H,15-17H2,1-2H3,(H2,29,30,32). The van der Waals surface area contributed by atoms with Crippen molar-refractivity contribution in [2.45, 2.75) is 38.6 Å². The van der Waals surface area contributed by atoms with Crippen molar-refractivity contribution in [2.75, 3.05) is 18.0 Å². The van der Waals surface area contributed by atoms with Crippen LogP contribution in [-0.2, 0) is 11.3 Å². The Balaban J connectivity index is 1.40. The average molecular weight is 449 g/mol. The number of nitrogens with zero attached hydrogens (tertiary/aromatic N) is 2. The minimum absolute atomic E-state index is 0.0508. The van der Waals surface area contributed by atoms with Crippen LogP contribution < -0.4 is 15.5 Å². The van der Waals surface area contributed by atoms with Crippen molar-refractivity contribution < 1.29 is 13.9 Å². The van der Waals surface area contributed by atoms with Crippen LogP contribution in [0.15, 0.2) is 72.9 Å². The van der Waals surface area contributed by atoms with Crippen molar-refractivity contribution in [1.82, 2.24) is 15.6 Å². The summed E-state index contributed by atoms with van der Waals surface area (Å²) in [6, 6.07) is 19.6. The number of morpholine rings is 1. The third kappa shape index (κ3) is 5.87. The number of carbonyl (C=O) groups excluding carboxylic acids is 1. The molecular weight excluding hydrogens is 419 g/mol. The Kier molecular flexibility index (Phi) is 7.19. The molecule has 2 aromatic carbocycles. The van der Waals surface area contributed by atoms with E-state index in [1.54, 1.807) is 12.3 Å². The molecule has 172 valence electrons. The first kappa shape index (κ1) is 22.7. The van der Waals surface area contributed by atoms with Gasteiger partial charge in [0.2, 0.25) is 0 Å². The van der Waals surface area contributed by atoms with Gasteiger partial charge in [0.25, 0.3) is 0 Å². The third-order valence-electron chi connectivity index (χ3n) is 5.62. The molecular formula is C26H29FN4O2. The highest BCUT2D eigenvalue weighted by atomic mass is 19.1. The molecule has 0 radical (unpaired) electrons. The normalized spacial score (nSPS) is 19.1. The Bertz CT molecular complexity index is 1010. The summed E-state index contributed by atoms with van der Waals surface area (Å²) in [5.41, 5.74) is 2.92. The molecule has 0 bridgehead atoms. The third-order valence-corrected chi connectivity index (χ3v) is 5.62. The maximum absolute atomic E-state index is 14.8. The van der Waals surface area contributed by atoms with Crippen LogP contribution in [0.1, 0.15) is 36.7 Å². The second-order valence-corrected chi connectivity index (χ2v) is 8.37. The zero-order valence-electron chi connectivity index (χ0n) is 18.9. The van der Waals surface area contributed by atoms with E-state index in [1.165, 1.54) is 6.07 Å². The van der Waals surface area contributed by atoms with Crippen LogP contribution in [0.3, 0.4) is 0 Å². The summed E-state index contributed by atoms with van der Waals surface area (Å²) in [7, 11) is 0. The highest BCUT2D eigenvalue weighted by Crippen LogP contribution is 2.25. The summed E-state index contributed by atoms with van der Waals surface area (Å²) in [5.74, 6) is -0.299. The lowest BCUT2D eigenvalue weighted by Crippen LogP contribution is -2.45. The van der Waals surface area contributed by atoms with Crippen LogP contribution in [0.4, 0.5) is 14.9 Å². The van der Waals surface area contributed by atoms with Gasteiger partial charge < -0.3 is 20.3 Å². The van der Waals surface area contributed by atoms with Crippen molar-refractivity contribution in [3.8, 4) is 0 Å². The van der Waals surface area contributed by atoms with E-state index in [-0.39, 0.29) is 30.6 Å². The van der Waals surface area contributed by atoms with Crippen LogP contribution in [0.25, 0.3) is 0 Å². The first-order valence-corrected chi connectivity index (χ1v) is 11.2. The number of aromatic nitrogens is 1. The molecule has 0 spiro atoms. The van der Waals surface area contributed by atoms with Gasteiger partial charge >= 0.3 is 6.03 Å². The monoisotopic (exact) mass is 448 g/mol. The van der Waals surface area contributed by atoms with E-state index in [4.69, 9.17) is 4.74 Å². The first-order chi connectivity index (χ1) is 16.0. The van der Waals surface area contributed by atoms with E-state index < -0.39 is 6.04 Å². The summed E-state index contributed by atoms with van der Waals surface area (Å²) in [5, 5.41) is 5.81. The van der Waals surface area contributed by atoms with Crippen molar-refractivity contribution in [3.05, 3.63) is 95.6 Å². The van der Waals surface area contributed by atoms with Gasteiger partial charge in [-0.1, -0.05) is 42.5 Å². The molecule has 1 aliphatic rings. The number of urea groups is 1. The molecule has 7 heteroatoms. The zero-order chi connectivity index (χ0) is 23.2. The summed E-state index contributed by atoms with van der Waals surface area (Å²) >= 11 is 0. The van der Waals surface area contributed by atoms with Gasteiger partial charge in [-0.15, -0.1) is 0 Å². The molecule has 1 fully saturated rings. The molecule has 0 saturated carbocycles. The van der Waals surface area contributed by atoms with Crippen LogP contribution in [0, 0.1) is 5.82 Å². The lowest BCUT2D eigenvalue weighted by molar-refractivity contribution is -0.00539. The number of carbonyl (C=O) groups is 1. The molecule has 33 heavy (non-hydrogen) atoms. The molecule has 2 heterocycles. The second kappa shape index (κ2) is 10.4. The first-order valence-electron chi connectivity index (χ1n) is 11.2. The Morgan fingerprint density at radius 1 is 1.09 bits per heavy atom. The molecule has 0 aliphatic carbocycles. The minimum atomic E-state index is -0.392. The van der Waals surface area contributed by atoms with Crippen LogP contribution in [0.5, 0.6) is 0 Å². The molecule has 3 atom stereocenters. The highest BCUT2D eigenvalue weighted by molar-refractivity contribution is 5.75. The van der Waals surface area contributed by atoms with E-state index in [0.29, 0.717) is 24.3 Å². The van der Waals surface area contributed by atoms with Gasteiger partial charge in [-0.05, 0) is 49.2 Å². The fourth-order valence-corrected chi connectivity index (χ4v) is 4.18. The smallest absolute Gasteiger partial charge is 0.315 e. The fourth-order valence-electron chi connectivity index (χ4n) is 4.18. The van der Waals surface area contributed by atoms with Gasteiger partial charge in [-0.25, -0.2) is 9.18 Å². The maximum Gasteiger partial charge on any atom is 0.315 e. The van der Waals surface area contributed by atoms with E-state index in [2.05, 4.69) is 15.6 Å². The van der Waals surface area contributed by atoms with E-state index in [9.17, 15) is 9.18 Å². The molecule has 3 unspecified atom stereocenters. The molecule has 1 aliphatic heterocycles. The van der Waals surface area contributed by atoms with Crippen molar-refractivity contribution in [2.24, 2.45) is 0 Å². The molecule has 3 aromatic rings. The summed E-state index contributed by atoms with van der Waals surface area (Å²) in [4.78, 5) is 19.1. The SMILES string of the molecule is CC1CN(c2ccc(CNC(=O)NC(c3ccccc3)c3ccccn3)cc2F)CC(C)O1. The number of hydrogen-bond acceptors (Lipinski definition) is 4. The van der Waals surface area contributed by atoms with E-state index in [0.717, 1.165) is 11.3 Å². The highest BCUT2D eigenvalue weighted by Gasteiger charge is 2.24. The van der Waals surface area contributed by atoms with Gasteiger partial charge in [0.1, 0.15) is 5.82 Å².